The smallest absolute Gasteiger partial charge is 0.248 e. The lowest BCUT2D eigenvalue weighted by atomic mass is 9.55. The van der Waals surface area contributed by atoms with Gasteiger partial charge < -0.3 is 4.98 Å². The number of nitrogens with zero attached hydrogens (tertiary/aromatic N) is 1. The molecule has 2 aliphatic carbocycles. The van der Waals surface area contributed by atoms with Crippen LogP contribution in [-0.2, 0) is 12.0 Å². The third kappa shape index (κ3) is 1.72. The van der Waals surface area contributed by atoms with Gasteiger partial charge in [0.2, 0.25) is 5.56 Å². The Hall–Kier alpha value is -1.35. The van der Waals surface area contributed by atoms with Crippen LogP contribution in [0.15, 0.2) is 29.6 Å². The first kappa shape index (κ1) is 13.6. The van der Waals surface area contributed by atoms with Gasteiger partial charge in [-0.1, -0.05) is 13.0 Å². The Morgan fingerprint density at radius 2 is 2.20 bits per heavy atom. The molecule has 3 rings (SSSR count). The number of fused-ring (bicyclic) bond motifs is 4. The highest BCUT2D eigenvalue weighted by atomic mass is 16.1. The van der Waals surface area contributed by atoms with Crippen LogP contribution < -0.4 is 5.56 Å². The van der Waals surface area contributed by atoms with Crippen molar-refractivity contribution >= 4 is 0 Å². The van der Waals surface area contributed by atoms with E-state index in [1.807, 2.05) is 6.07 Å². The molecule has 0 radical (unpaired) electrons. The molecule has 2 bridgehead atoms. The largest absolute Gasteiger partial charge is 0.326 e. The van der Waals surface area contributed by atoms with Crippen LogP contribution in [-0.4, -0.2) is 24.0 Å². The number of aromatic nitrogens is 1. The van der Waals surface area contributed by atoms with Gasteiger partial charge in [-0.25, -0.2) is 0 Å². The molecule has 1 saturated carbocycles. The lowest BCUT2D eigenvalue weighted by Gasteiger charge is -2.56. The summed E-state index contributed by atoms with van der Waals surface area (Å²) in [6.07, 6.45) is 5.47. The monoisotopic (exact) mass is 272 g/mol. The molecule has 1 fully saturated rings. The highest BCUT2D eigenvalue weighted by Gasteiger charge is 2.52. The van der Waals surface area contributed by atoms with Gasteiger partial charge in [-0.15, -0.1) is 6.58 Å². The van der Waals surface area contributed by atoms with Gasteiger partial charge in [0.15, 0.2) is 0 Å². The SMILES string of the molecule is C=CC1C2Cc3[nH]c(=O)ccc3C1(N(C)C)CC(C)C2. The third-order valence-electron chi connectivity index (χ3n) is 5.41. The summed E-state index contributed by atoms with van der Waals surface area (Å²) in [5.74, 6) is 1.76. The molecule has 1 heterocycles. The van der Waals surface area contributed by atoms with Gasteiger partial charge in [0.05, 0.1) is 5.54 Å². The molecule has 0 amide bonds. The minimum atomic E-state index is -0.0120. The zero-order valence-electron chi connectivity index (χ0n) is 12.6. The molecule has 0 spiro atoms. The first-order valence-electron chi connectivity index (χ1n) is 7.51. The first-order valence-corrected chi connectivity index (χ1v) is 7.51. The molecule has 1 aromatic rings. The summed E-state index contributed by atoms with van der Waals surface area (Å²) in [6.45, 7) is 6.46. The molecular weight excluding hydrogens is 248 g/mol. The van der Waals surface area contributed by atoms with Crippen molar-refractivity contribution in [2.45, 2.75) is 31.7 Å². The van der Waals surface area contributed by atoms with E-state index in [0.717, 1.165) is 18.5 Å². The van der Waals surface area contributed by atoms with E-state index < -0.39 is 0 Å². The van der Waals surface area contributed by atoms with Gasteiger partial charge in [0, 0.05) is 17.7 Å². The molecule has 0 aliphatic heterocycles. The summed E-state index contributed by atoms with van der Waals surface area (Å²) in [7, 11) is 4.32. The molecule has 0 saturated heterocycles. The van der Waals surface area contributed by atoms with Crippen molar-refractivity contribution in [1.82, 2.24) is 9.88 Å². The Balaban J connectivity index is 2.26. The summed E-state index contributed by atoms with van der Waals surface area (Å²) in [5, 5.41) is 0. The van der Waals surface area contributed by atoms with E-state index in [1.54, 1.807) is 6.07 Å². The number of H-pyrrole nitrogens is 1. The Morgan fingerprint density at radius 3 is 2.85 bits per heavy atom. The molecule has 20 heavy (non-hydrogen) atoms. The maximum atomic E-state index is 11.7. The van der Waals surface area contributed by atoms with Crippen molar-refractivity contribution in [2.75, 3.05) is 14.1 Å². The van der Waals surface area contributed by atoms with Crippen molar-refractivity contribution in [3.05, 3.63) is 46.4 Å². The Bertz CT molecular complexity index is 589. The van der Waals surface area contributed by atoms with Crippen molar-refractivity contribution in [3.63, 3.8) is 0 Å². The Kier molecular flexibility index (Phi) is 3.13. The summed E-state index contributed by atoms with van der Waals surface area (Å²) in [5.41, 5.74) is 2.44. The first-order chi connectivity index (χ1) is 9.49. The van der Waals surface area contributed by atoms with Crippen LogP contribution >= 0.6 is 0 Å². The van der Waals surface area contributed by atoms with Crippen LogP contribution in [0, 0.1) is 17.8 Å². The van der Waals surface area contributed by atoms with E-state index in [4.69, 9.17) is 0 Å². The average molecular weight is 272 g/mol. The average Bonchev–Trinajstić information content (AvgIpc) is 2.36. The van der Waals surface area contributed by atoms with Crippen LogP contribution in [0.2, 0.25) is 0 Å². The second-order valence-electron chi connectivity index (χ2n) is 6.80. The van der Waals surface area contributed by atoms with E-state index in [9.17, 15) is 4.79 Å². The summed E-state index contributed by atoms with van der Waals surface area (Å²) < 4.78 is 0. The van der Waals surface area contributed by atoms with Gasteiger partial charge in [0.25, 0.3) is 0 Å². The van der Waals surface area contributed by atoms with Crippen LogP contribution in [0.4, 0.5) is 0 Å². The van der Waals surface area contributed by atoms with E-state index in [2.05, 4.69) is 43.6 Å². The molecular formula is C17H24N2O. The fourth-order valence-corrected chi connectivity index (χ4v) is 4.76. The van der Waals surface area contributed by atoms with E-state index in [0.29, 0.717) is 17.8 Å². The van der Waals surface area contributed by atoms with Crippen molar-refractivity contribution < 1.29 is 0 Å². The molecule has 108 valence electrons. The summed E-state index contributed by atoms with van der Waals surface area (Å²) in [6, 6.07) is 3.71. The number of pyridine rings is 1. The molecule has 0 aromatic carbocycles. The predicted octanol–water partition coefficient (Wildman–Crippen LogP) is 2.54. The topological polar surface area (TPSA) is 36.1 Å². The minimum Gasteiger partial charge on any atom is -0.326 e. The third-order valence-corrected chi connectivity index (χ3v) is 5.41. The maximum absolute atomic E-state index is 11.7. The van der Waals surface area contributed by atoms with Gasteiger partial charge in [-0.05, 0) is 56.8 Å². The van der Waals surface area contributed by atoms with Gasteiger partial charge in [-0.2, -0.15) is 0 Å². The normalized spacial score (nSPS) is 35.7. The number of hydrogen-bond acceptors (Lipinski definition) is 2. The van der Waals surface area contributed by atoms with Crippen LogP contribution in [0.1, 0.15) is 31.0 Å². The fraction of sp³-hybridized carbons (Fsp3) is 0.588. The van der Waals surface area contributed by atoms with Crippen LogP contribution in [0.3, 0.4) is 0 Å². The van der Waals surface area contributed by atoms with E-state index in [1.165, 1.54) is 12.0 Å². The second-order valence-corrected chi connectivity index (χ2v) is 6.80. The molecule has 1 aromatic heterocycles. The lowest BCUT2D eigenvalue weighted by Crippen LogP contribution is -2.57. The van der Waals surface area contributed by atoms with Crippen molar-refractivity contribution in [1.29, 1.82) is 0 Å². The van der Waals surface area contributed by atoms with Gasteiger partial charge in [-0.3, -0.25) is 9.69 Å². The molecule has 4 unspecified atom stereocenters. The quantitative estimate of drug-likeness (QED) is 0.840. The van der Waals surface area contributed by atoms with Crippen LogP contribution in [0.5, 0.6) is 0 Å². The Morgan fingerprint density at radius 1 is 1.45 bits per heavy atom. The second kappa shape index (κ2) is 4.59. The molecule has 1 N–H and O–H groups in total. The summed E-state index contributed by atoms with van der Waals surface area (Å²) >= 11 is 0. The highest BCUT2D eigenvalue weighted by molar-refractivity contribution is 5.36. The summed E-state index contributed by atoms with van der Waals surface area (Å²) in [4.78, 5) is 17.1. The number of rotatable bonds is 2. The van der Waals surface area contributed by atoms with Crippen molar-refractivity contribution in [3.8, 4) is 0 Å². The molecule has 2 aliphatic rings. The van der Waals surface area contributed by atoms with Gasteiger partial charge >= 0.3 is 0 Å². The zero-order valence-corrected chi connectivity index (χ0v) is 12.6. The van der Waals surface area contributed by atoms with E-state index in [-0.39, 0.29) is 11.1 Å². The zero-order chi connectivity index (χ0) is 14.5. The van der Waals surface area contributed by atoms with Crippen molar-refractivity contribution in [2.24, 2.45) is 17.8 Å². The lowest BCUT2D eigenvalue weighted by molar-refractivity contribution is -0.0137. The molecule has 3 heteroatoms. The predicted molar refractivity (Wildman–Crippen MR) is 81.7 cm³/mol. The standard InChI is InChI=1S/C17H24N2O/c1-5-13-12-8-11(2)10-17(13,19(3)4)14-6-7-16(20)18-15(14)9-12/h5-7,11-13H,1,8-10H2,2-4H3,(H,18,20). The van der Waals surface area contributed by atoms with E-state index >= 15 is 0 Å². The number of nitrogens with one attached hydrogen (secondary N) is 1. The van der Waals surface area contributed by atoms with Gasteiger partial charge in [0.1, 0.15) is 0 Å². The Labute approximate surface area is 120 Å². The number of hydrogen-bond donors (Lipinski definition) is 1. The molecule has 3 nitrogen and oxygen atoms in total. The number of aromatic amines is 1. The van der Waals surface area contributed by atoms with Crippen LogP contribution in [0.25, 0.3) is 0 Å². The molecule has 4 atom stereocenters. The highest BCUT2D eigenvalue weighted by Crippen LogP contribution is 2.54. The minimum absolute atomic E-state index is 0.0120. The maximum Gasteiger partial charge on any atom is 0.248 e. The fourth-order valence-electron chi connectivity index (χ4n) is 4.76.